The van der Waals surface area contributed by atoms with Gasteiger partial charge in [-0.25, -0.2) is 9.78 Å². The van der Waals surface area contributed by atoms with E-state index in [4.69, 9.17) is 0 Å². The minimum atomic E-state index is -4.48. The number of carbonyl (C=O) groups excluding carboxylic acids is 2. The number of imidazole rings is 1. The second-order valence-electron chi connectivity index (χ2n) is 7.60. The van der Waals surface area contributed by atoms with Crippen LogP contribution in [-0.2, 0) is 12.7 Å². The number of urea groups is 1. The maximum Gasteiger partial charge on any atom is 0.416 e. The zero-order valence-electron chi connectivity index (χ0n) is 17.2. The van der Waals surface area contributed by atoms with E-state index in [0.717, 1.165) is 43.6 Å². The van der Waals surface area contributed by atoms with E-state index in [2.05, 4.69) is 15.6 Å². The number of alkyl halides is 3. The molecule has 3 amide bonds. The van der Waals surface area contributed by atoms with Crippen molar-refractivity contribution in [1.82, 2.24) is 19.8 Å². The second-order valence-corrected chi connectivity index (χ2v) is 7.60. The van der Waals surface area contributed by atoms with Gasteiger partial charge in [0.15, 0.2) is 0 Å². The smallest absolute Gasteiger partial charge is 0.339 e. The average Bonchev–Trinajstić information content (AvgIpc) is 3.43. The maximum atomic E-state index is 12.8. The van der Waals surface area contributed by atoms with Crippen molar-refractivity contribution in [2.45, 2.75) is 25.6 Å². The summed E-state index contributed by atoms with van der Waals surface area (Å²) in [5.74, 6) is 0.00637. The monoisotopic (exact) mass is 445 g/mol. The van der Waals surface area contributed by atoms with Crippen LogP contribution in [0, 0.1) is 0 Å². The number of benzene rings is 2. The molecule has 1 aromatic heterocycles. The van der Waals surface area contributed by atoms with Gasteiger partial charge in [0.2, 0.25) is 0 Å². The van der Waals surface area contributed by atoms with Crippen LogP contribution in [0.25, 0.3) is 11.0 Å². The number of fused-ring (bicyclic) bond motifs is 1. The number of amides is 3. The molecule has 0 atom stereocenters. The van der Waals surface area contributed by atoms with Gasteiger partial charge in [0.05, 0.1) is 22.9 Å². The van der Waals surface area contributed by atoms with Crippen LogP contribution in [0.3, 0.4) is 0 Å². The summed E-state index contributed by atoms with van der Waals surface area (Å²) in [5, 5.41) is 5.02. The molecule has 10 heteroatoms. The minimum absolute atomic E-state index is 0.00637. The lowest BCUT2D eigenvalue weighted by atomic mass is 10.1. The Morgan fingerprint density at radius 1 is 1.06 bits per heavy atom. The Bertz CT molecular complexity index is 1140. The van der Waals surface area contributed by atoms with Crippen LogP contribution in [0.5, 0.6) is 0 Å². The number of hydrogen-bond acceptors (Lipinski definition) is 3. The predicted octanol–water partition coefficient (Wildman–Crippen LogP) is 4.11. The first-order valence-corrected chi connectivity index (χ1v) is 10.3. The van der Waals surface area contributed by atoms with Crippen LogP contribution in [-0.4, -0.2) is 46.0 Å². The van der Waals surface area contributed by atoms with E-state index in [1.54, 1.807) is 18.5 Å². The average molecular weight is 445 g/mol. The normalized spacial score (nSPS) is 14.0. The highest BCUT2D eigenvalue weighted by molar-refractivity contribution is 5.97. The fourth-order valence-electron chi connectivity index (χ4n) is 3.72. The van der Waals surface area contributed by atoms with Gasteiger partial charge in [-0.1, -0.05) is 6.07 Å². The number of nitrogens with one attached hydrogen (secondary N) is 2. The van der Waals surface area contributed by atoms with E-state index < -0.39 is 17.8 Å². The molecule has 0 radical (unpaired) electrons. The summed E-state index contributed by atoms with van der Waals surface area (Å²) in [5.41, 5.74) is 1.33. The number of hydrogen-bond donors (Lipinski definition) is 2. The van der Waals surface area contributed by atoms with Crippen LogP contribution in [0.1, 0.15) is 28.8 Å². The van der Waals surface area contributed by atoms with Gasteiger partial charge in [0.1, 0.15) is 0 Å². The van der Waals surface area contributed by atoms with Crippen LogP contribution >= 0.6 is 0 Å². The van der Waals surface area contributed by atoms with Gasteiger partial charge in [-0.05, 0) is 49.2 Å². The molecule has 1 aliphatic rings. The number of aromatic nitrogens is 2. The van der Waals surface area contributed by atoms with Crippen LogP contribution in [0.15, 0.2) is 48.8 Å². The van der Waals surface area contributed by atoms with Crippen molar-refractivity contribution in [3.63, 3.8) is 0 Å². The molecule has 32 heavy (non-hydrogen) atoms. The molecule has 0 spiro atoms. The molecule has 3 aromatic rings. The summed E-state index contributed by atoms with van der Waals surface area (Å²) in [7, 11) is 0. The number of halogens is 3. The van der Waals surface area contributed by atoms with Gasteiger partial charge in [-0.3, -0.25) is 4.79 Å². The number of likely N-dealkylation sites (tertiary alicyclic amines) is 1. The number of carbonyl (C=O) groups is 2. The van der Waals surface area contributed by atoms with Crippen molar-refractivity contribution in [3.8, 4) is 0 Å². The number of anilines is 1. The van der Waals surface area contributed by atoms with Gasteiger partial charge in [0.25, 0.3) is 5.91 Å². The first-order valence-electron chi connectivity index (χ1n) is 10.3. The Kier molecular flexibility index (Phi) is 6.02. The maximum absolute atomic E-state index is 12.8. The van der Waals surface area contributed by atoms with Gasteiger partial charge >= 0.3 is 12.2 Å². The topological polar surface area (TPSA) is 79.3 Å². The van der Waals surface area contributed by atoms with Gasteiger partial charge in [-0.2, -0.15) is 13.2 Å². The molecule has 4 rings (SSSR count). The quantitative estimate of drug-likeness (QED) is 0.620. The molecular weight excluding hydrogens is 423 g/mol. The highest BCUT2D eigenvalue weighted by Crippen LogP contribution is 2.30. The van der Waals surface area contributed by atoms with Crippen molar-refractivity contribution in [1.29, 1.82) is 0 Å². The van der Waals surface area contributed by atoms with Crippen LogP contribution in [0.4, 0.5) is 23.7 Å². The molecule has 0 bridgehead atoms. The Morgan fingerprint density at radius 3 is 2.59 bits per heavy atom. The third-order valence-corrected chi connectivity index (χ3v) is 5.35. The van der Waals surface area contributed by atoms with Gasteiger partial charge in [0, 0.05) is 37.4 Å². The zero-order valence-corrected chi connectivity index (χ0v) is 17.2. The predicted molar refractivity (Wildman–Crippen MR) is 113 cm³/mol. The highest BCUT2D eigenvalue weighted by atomic mass is 19.4. The molecule has 2 aromatic carbocycles. The van der Waals surface area contributed by atoms with Crippen LogP contribution in [0.2, 0.25) is 0 Å². The van der Waals surface area contributed by atoms with E-state index in [-0.39, 0.29) is 18.1 Å². The molecule has 168 valence electrons. The fraction of sp³-hybridized carbons (Fsp3) is 0.318. The third kappa shape index (κ3) is 4.84. The van der Waals surface area contributed by atoms with E-state index >= 15 is 0 Å². The summed E-state index contributed by atoms with van der Waals surface area (Å²) < 4.78 is 40.2. The second kappa shape index (κ2) is 8.89. The summed E-state index contributed by atoms with van der Waals surface area (Å²) in [6.07, 6.45) is -0.801. The zero-order chi connectivity index (χ0) is 22.7. The lowest BCUT2D eigenvalue weighted by Crippen LogP contribution is -2.31. The largest absolute Gasteiger partial charge is 0.416 e. The molecule has 0 aliphatic carbocycles. The third-order valence-electron chi connectivity index (χ3n) is 5.35. The van der Waals surface area contributed by atoms with Gasteiger partial charge < -0.3 is 20.1 Å². The van der Waals surface area contributed by atoms with E-state index in [1.165, 1.54) is 12.1 Å². The fourth-order valence-corrected chi connectivity index (χ4v) is 3.72. The molecule has 0 unspecified atom stereocenters. The first kappa shape index (κ1) is 21.7. The summed E-state index contributed by atoms with van der Waals surface area (Å²) in [6.45, 7) is 2.20. The van der Waals surface area contributed by atoms with Gasteiger partial charge in [-0.15, -0.1) is 0 Å². The summed E-state index contributed by atoms with van der Waals surface area (Å²) in [4.78, 5) is 30.8. The molecular formula is C22H22F3N5O2. The molecule has 1 fully saturated rings. The Labute approximate surface area is 182 Å². The molecule has 2 heterocycles. The highest BCUT2D eigenvalue weighted by Gasteiger charge is 2.30. The lowest BCUT2D eigenvalue weighted by molar-refractivity contribution is -0.137. The minimum Gasteiger partial charge on any atom is -0.339 e. The summed E-state index contributed by atoms with van der Waals surface area (Å²) >= 11 is 0. The first-order chi connectivity index (χ1) is 15.3. The van der Waals surface area contributed by atoms with Crippen molar-refractivity contribution < 1.29 is 22.8 Å². The van der Waals surface area contributed by atoms with E-state index in [1.807, 2.05) is 15.5 Å². The molecule has 1 saturated heterocycles. The van der Waals surface area contributed by atoms with Crippen LogP contribution < -0.4 is 10.6 Å². The van der Waals surface area contributed by atoms with Crippen molar-refractivity contribution in [2.75, 3.05) is 25.0 Å². The number of nitrogens with zero attached hydrogens (tertiary/aromatic N) is 3. The Hall–Kier alpha value is -3.56. The molecule has 0 saturated carbocycles. The lowest BCUT2D eigenvalue weighted by Gasteiger charge is -2.15. The SMILES string of the molecule is O=C(NCCn1cnc2cc(C(=O)N3CCCC3)ccc21)Nc1cccc(C(F)(F)F)c1. The van der Waals surface area contributed by atoms with Crippen molar-refractivity contribution in [3.05, 3.63) is 59.9 Å². The van der Waals surface area contributed by atoms with E-state index in [0.29, 0.717) is 17.6 Å². The standard InChI is InChI=1S/C22H22F3N5O2/c23-22(24,25)16-4-3-5-17(13-16)28-21(32)26-8-11-30-14-27-18-12-15(6-7-19(18)30)20(31)29-9-1-2-10-29/h3-7,12-14H,1-2,8-11H2,(H2,26,28,32). The van der Waals surface area contributed by atoms with Crippen molar-refractivity contribution >= 4 is 28.7 Å². The van der Waals surface area contributed by atoms with E-state index in [9.17, 15) is 22.8 Å². The Morgan fingerprint density at radius 2 is 1.84 bits per heavy atom. The molecule has 7 nitrogen and oxygen atoms in total. The van der Waals surface area contributed by atoms with Crippen molar-refractivity contribution in [2.24, 2.45) is 0 Å². The molecule has 1 aliphatic heterocycles. The summed E-state index contributed by atoms with van der Waals surface area (Å²) in [6, 6.07) is 9.20. The number of rotatable bonds is 5. The molecule has 2 N–H and O–H groups in total. The Balaban J connectivity index is 1.33.